The molecule has 28 heavy (non-hydrogen) atoms. The van der Waals surface area contributed by atoms with Crippen molar-refractivity contribution in [2.45, 2.75) is 6.54 Å². The molecule has 0 unspecified atom stereocenters. The van der Waals surface area contributed by atoms with Crippen LogP contribution in [0.3, 0.4) is 0 Å². The standard InChI is InChI=1S/C20H17BrN2O5/c1-27-17-8-14(16(21)9-18(17)28-12-19(24)25)7-15(10-22)20(26)23-11-13-5-3-2-4-6-13/h2-9H,11-12H2,1H3,(H,23,26)(H,24,25)/b15-7-. The molecule has 2 N–H and O–H groups in total. The summed E-state index contributed by atoms with van der Waals surface area (Å²) in [5.74, 6) is -1.13. The van der Waals surface area contributed by atoms with E-state index < -0.39 is 18.5 Å². The fraction of sp³-hybridized carbons (Fsp3) is 0.150. The molecule has 0 aliphatic heterocycles. The lowest BCUT2D eigenvalue weighted by molar-refractivity contribution is -0.139. The number of hydrogen-bond donors (Lipinski definition) is 2. The van der Waals surface area contributed by atoms with Crippen molar-refractivity contribution >= 4 is 33.9 Å². The van der Waals surface area contributed by atoms with Gasteiger partial charge < -0.3 is 19.9 Å². The Hall–Kier alpha value is -3.31. The summed E-state index contributed by atoms with van der Waals surface area (Å²) < 4.78 is 10.9. The third kappa shape index (κ3) is 5.86. The zero-order valence-corrected chi connectivity index (χ0v) is 16.5. The maximum absolute atomic E-state index is 12.3. The van der Waals surface area contributed by atoms with Gasteiger partial charge in [0.2, 0.25) is 0 Å². The summed E-state index contributed by atoms with van der Waals surface area (Å²) in [6, 6.07) is 14.3. The molecule has 0 aromatic heterocycles. The second kappa shape index (κ2) is 10.1. The maximum atomic E-state index is 12.3. The van der Waals surface area contributed by atoms with Gasteiger partial charge in [-0.3, -0.25) is 4.79 Å². The molecule has 2 aromatic carbocycles. The Morgan fingerprint density at radius 1 is 1.25 bits per heavy atom. The highest BCUT2D eigenvalue weighted by Gasteiger charge is 2.14. The molecule has 0 aliphatic carbocycles. The Morgan fingerprint density at radius 2 is 1.96 bits per heavy atom. The first-order chi connectivity index (χ1) is 13.4. The van der Waals surface area contributed by atoms with Crippen LogP contribution >= 0.6 is 15.9 Å². The molecule has 0 saturated carbocycles. The Balaban J connectivity index is 2.21. The fourth-order valence-corrected chi connectivity index (χ4v) is 2.69. The summed E-state index contributed by atoms with van der Waals surface area (Å²) >= 11 is 3.33. The average Bonchev–Trinajstić information content (AvgIpc) is 2.70. The van der Waals surface area contributed by atoms with Crippen molar-refractivity contribution in [3.05, 3.63) is 63.6 Å². The summed E-state index contributed by atoms with van der Waals surface area (Å²) in [5, 5.41) is 20.8. The molecule has 144 valence electrons. The summed E-state index contributed by atoms with van der Waals surface area (Å²) in [6.07, 6.45) is 1.41. The van der Waals surface area contributed by atoms with Crippen molar-refractivity contribution in [2.75, 3.05) is 13.7 Å². The second-order valence-corrected chi connectivity index (χ2v) is 6.40. The van der Waals surface area contributed by atoms with Gasteiger partial charge in [0, 0.05) is 11.0 Å². The molecule has 2 rings (SSSR count). The number of nitriles is 1. The van der Waals surface area contributed by atoms with Crippen molar-refractivity contribution in [3.8, 4) is 17.6 Å². The molecule has 0 radical (unpaired) electrons. The highest BCUT2D eigenvalue weighted by molar-refractivity contribution is 9.10. The molecule has 7 nitrogen and oxygen atoms in total. The van der Waals surface area contributed by atoms with Crippen molar-refractivity contribution in [1.82, 2.24) is 5.32 Å². The predicted molar refractivity (Wildman–Crippen MR) is 106 cm³/mol. The van der Waals surface area contributed by atoms with Crippen LogP contribution in [0.4, 0.5) is 0 Å². The van der Waals surface area contributed by atoms with Crippen LogP contribution in [0.1, 0.15) is 11.1 Å². The normalized spacial score (nSPS) is 10.7. The number of rotatable bonds is 8. The molecule has 0 heterocycles. The van der Waals surface area contributed by atoms with Gasteiger partial charge in [0.1, 0.15) is 11.6 Å². The smallest absolute Gasteiger partial charge is 0.341 e. The van der Waals surface area contributed by atoms with Crippen LogP contribution < -0.4 is 14.8 Å². The van der Waals surface area contributed by atoms with Crippen LogP contribution in [0, 0.1) is 11.3 Å². The first-order valence-electron chi connectivity index (χ1n) is 8.10. The number of halogens is 1. The van der Waals surface area contributed by atoms with Crippen LogP contribution in [-0.4, -0.2) is 30.7 Å². The topological polar surface area (TPSA) is 109 Å². The number of carboxylic acid groups (broad SMARTS) is 1. The number of nitrogens with one attached hydrogen (secondary N) is 1. The second-order valence-electron chi connectivity index (χ2n) is 5.55. The molecule has 8 heteroatoms. The van der Waals surface area contributed by atoms with Gasteiger partial charge in [-0.25, -0.2) is 4.79 Å². The highest BCUT2D eigenvalue weighted by atomic mass is 79.9. The summed E-state index contributed by atoms with van der Waals surface area (Å²) in [6.45, 7) is -0.228. The SMILES string of the molecule is COc1cc(/C=C(/C#N)C(=O)NCc2ccccc2)c(Br)cc1OCC(=O)O. The molecular weight excluding hydrogens is 428 g/mol. The Morgan fingerprint density at radius 3 is 2.57 bits per heavy atom. The van der Waals surface area contributed by atoms with E-state index >= 15 is 0 Å². The van der Waals surface area contributed by atoms with E-state index in [1.165, 1.54) is 19.3 Å². The Labute approximate surface area is 170 Å². The summed E-state index contributed by atoms with van der Waals surface area (Å²) in [4.78, 5) is 23.0. The molecule has 0 saturated heterocycles. The van der Waals surface area contributed by atoms with E-state index in [0.29, 0.717) is 16.6 Å². The number of ether oxygens (including phenoxy) is 2. The van der Waals surface area contributed by atoms with E-state index in [1.807, 2.05) is 36.4 Å². The molecule has 1 amide bonds. The van der Waals surface area contributed by atoms with Gasteiger partial charge in [-0.05, 0) is 29.3 Å². The number of carbonyl (C=O) groups is 2. The number of carboxylic acids is 1. The predicted octanol–water partition coefficient (Wildman–Crippen LogP) is 3.14. The van der Waals surface area contributed by atoms with Crippen LogP contribution in [0.25, 0.3) is 6.08 Å². The average molecular weight is 445 g/mol. The van der Waals surface area contributed by atoms with Crippen LogP contribution in [-0.2, 0) is 16.1 Å². The molecule has 0 atom stereocenters. The minimum absolute atomic E-state index is 0.0853. The van der Waals surface area contributed by atoms with E-state index in [2.05, 4.69) is 21.2 Å². The Kier molecular flexibility index (Phi) is 7.60. The monoisotopic (exact) mass is 444 g/mol. The molecule has 0 bridgehead atoms. The van der Waals surface area contributed by atoms with E-state index in [1.54, 1.807) is 6.07 Å². The van der Waals surface area contributed by atoms with E-state index in [-0.39, 0.29) is 17.1 Å². The number of aliphatic carboxylic acids is 1. The van der Waals surface area contributed by atoms with Gasteiger partial charge in [0.05, 0.1) is 7.11 Å². The van der Waals surface area contributed by atoms with Gasteiger partial charge in [0.25, 0.3) is 5.91 Å². The minimum atomic E-state index is -1.12. The maximum Gasteiger partial charge on any atom is 0.341 e. The third-order valence-corrected chi connectivity index (χ3v) is 4.28. The van der Waals surface area contributed by atoms with Crippen molar-refractivity contribution < 1.29 is 24.2 Å². The number of carbonyl (C=O) groups excluding carboxylic acids is 1. The van der Waals surface area contributed by atoms with Gasteiger partial charge in [0.15, 0.2) is 18.1 Å². The third-order valence-electron chi connectivity index (χ3n) is 3.59. The lowest BCUT2D eigenvalue weighted by Gasteiger charge is -2.12. The lowest BCUT2D eigenvalue weighted by Crippen LogP contribution is -2.23. The number of hydrogen-bond acceptors (Lipinski definition) is 5. The van der Waals surface area contributed by atoms with Gasteiger partial charge >= 0.3 is 5.97 Å². The summed E-state index contributed by atoms with van der Waals surface area (Å²) in [7, 11) is 1.40. The number of nitrogens with zero attached hydrogens (tertiary/aromatic N) is 1. The Bertz CT molecular complexity index is 936. The largest absolute Gasteiger partial charge is 0.493 e. The number of benzene rings is 2. The van der Waals surface area contributed by atoms with Gasteiger partial charge in [-0.2, -0.15) is 5.26 Å². The van der Waals surface area contributed by atoms with Crippen LogP contribution in [0.15, 0.2) is 52.5 Å². The molecule has 2 aromatic rings. The highest BCUT2D eigenvalue weighted by Crippen LogP contribution is 2.34. The van der Waals surface area contributed by atoms with Crippen molar-refractivity contribution in [3.63, 3.8) is 0 Å². The quantitative estimate of drug-likeness (QED) is 0.478. The molecule has 0 spiro atoms. The van der Waals surface area contributed by atoms with E-state index in [4.69, 9.17) is 14.6 Å². The molecule has 0 aliphatic rings. The first kappa shape index (κ1) is 21.0. The summed E-state index contributed by atoms with van der Waals surface area (Å²) in [5.41, 5.74) is 1.33. The first-order valence-corrected chi connectivity index (χ1v) is 8.90. The van der Waals surface area contributed by atoms with Crippen LogP contribution in [0.2, 0.25) is 0 Å². The van der Waals surface area contributed by atoms with E-state index in [9.17, 15) is 14.9 Å². The van der Waals surface area contributed by atoms with Gasteiger partial charge in [-0.1, -0.05) is 46.3 Å². The number of amides is 1. The van der Waals surface area contributed by atoms with Crippen LogP contribution in [0.5, 0.6) is 11.5 Å². The lowest BCUT2D eigenvalue weighted by atomic mass is 10.1. The van der Waals surface area contributed by atoms with Gasteiger partial charge in [-0.15, -0.1) is 0 Å². The minimum Gasteiger partial charge on any atom is -0.493 e. The number of methoxy groups -OCH3 is 1. The zero-order chi connectivity index (χ0) is 20.5. The van der Waals surface area contributed by atoms with Crippen molar-refractivity contribution in [2.24, 2.45) is 0 Å². The molecular formula is C20H17BrN2O5. The zero-order valence-electron chi connectivity index (χ0n) is 14.9. The van der Waals surface area contributed by atoms with E-state index in [0.717, 1.165) is 5.56 Å². The molecule has 0 fully saturated rings. The van der Waals surface area contributed by atoms with Crippen molar-refractivity contribution in [1.29, 1.82) is 5.26 Å². The fourth-order valence-electron chi connectivity index (χ4n) is 2.25.